The summed E-state index contributed by atoms with van der Waals surface area (Å²) >= 11 is 0. The van der Waals surface area contributed by atoms with Gasteiger partial charge in [-0.1, -0.05) is 34.1 Å². The summed E-state index contributed by atoms with van der Waals surface area (Å²) in [5.74, 6) is -5.41. The highest BCUT2D eigenvalue weighted by Gasteiger charge is 2.34. The number of hydrogen-bond donors (Lipinski definition) is 7. The number of carboxylic acids is 1. The van der Waals surface area contributed by atoms with E-state index in [2.05, 4.69) is 16.0 Å². The molecule has 6 unspecified atom stereocenters. The van der Waals surface area contributed by atoms with Crippen LogP contribution in [0.1, 0.15) is 47.5 Å². The van der Waals surface area contributed by atoms with Gasteiger partial charge in [0.05, 0.1) is 18.6 Å². The van der Waals surface area contributed by atoms with Crippen molar-refractivity contribution in [1.29, 1.82) is 0 Å². The molecule has 0 radical (unpaired) electrons. The van der Waals surface area contributed by atoms with E-state index in [0.29, 0.717) is 6.42 Å². The molecule has 0 aromatic heterocycles. The first-order valence-electron chi connectivity index (χ1n) is 10.1. The van der Waals surface area contributed by atoms with Crippen LogP contribution < -0.4 is 27.4 Å². The Kier molecular flexibility index (Phi) is 11.7. The van der Waals surface area contributed by atoms with Gasteiger partial charge in [-0.2, -0.15) is 0 Å². The Morgan fingerprint density at radius 3 is 1.77 bits per heavy atom. The van der Waals surface area contributed by atoms with Crippen molar-refractivity contribution in [3.05, 3.63) is 0 Å². The first kappa shape index (κ1) is 28.3. The average Bonchev–Trinajstić information content (AvgIpc) is 2.66. The van der Waals surface area contributed by atoms with Gasteiger partial charge in [-0.25, -0.2) is 4.79 Å². The van der Waals surface area contributed by atoms with Gasteiger partial charge in [-0.05, 0) is 18.8 Å². The predicted octanol–water partition coefficient (Wildman–Crippen LogP) is -2.19. The maximum atomic E-state index is 12.7. The van der Waals surface area contributed by atoms with Crippen molar-refractivity contribution in [3.8, 4) is 0 Å². The molecule has 0 fully saturated rings. The van der Waals surface area contributed by atoms with Crippen molar-refractivity contribution in [3.63, 3.8) is 0 Å². The van der Waals surface area contributed by atoms with Crippen molar-refractivity contribution < 1.29 is 34.2 Å². The van der Waals surface area contributed by atoms with E-state index in [9.17, 15) is 34.2 Å². The summed E-state index contributed by atoms with van der Waals surface area (Å²) < 4.78 is 0. The minimum absolute atomic E-state index is 0.197. The summed E-state index contributed by atoms with van der Waals surface area (Å²) in [6, 6.07) is -5.16. The first-order chi connectivity index (χ1) is 14.2. The van der Waals surface area contributed by atoms with Crippen LogP contribution in [0.5, 0.6) is 0 Å². The third-order valence-corrected chi connectivity index (χ3v) is 4.89. The first-order valence-corrected chi connectivity index (χ1v) is 10.1. The Labute approximate surface area is 181 Å². The second kappa shape index (κ2) is 12.8. The molecule has 6 atom stereocenters. The van der Waals surface area contributed by atoms with Crippen molar-refractivity contribution in [2.24, 2.45) is 23.3 Å². The summed E-state index contributed by atoms with van der Waals surface area (Å²) in [6.45, 7) is 7.95. The Morgan fingerprint density at radius 1 is 0.871 bits per heavy atom. The smallest absolute Gasteiger partial charge is 0.326 e. The van der Waals surface area contributed by atoms with Gasteiger partial charge in [0.2, 0.25) is 23.6 Å². The number of aliphatic hydroxyl groups excluding tert-OH is 1. The Hall–Kier alpha value is -2.73. The molecule has 0 aliphatic carbocycles. The summed E-state index contributed by atoms with van der Waals surface area (Å²) in [7, 11) is 0. The molecule has 0 aliphatic rings. The third kappa shape index (κ3) is 9.30. The van der Waals surface area contributed by atoms with Crippen LogP contribution in [0.25, 0.3) is 0 Å². The number of carbonyl (C=O) groups is 5. The number of amides is 4. The van der Waals surface area contributed by atoms with Crippen LogP contribution in [0.3, 0.4) is 0 Å². The highest BCUT2D eigenvalue weighted by atomic mass is 16.4. The molecule has 0 rings (SSSR count). The van der Waals surface area contributed by atoms with Gasteiger partial charge in [-0.15, -0.1) is 0 Å². The fourth-order valence-electron chi connectivity index (χ4n) is 2.61. The number of hydrogen-bond acceptors (Lipinski definition) is 7. The molecule has 0 aromatic rings. The van der Waals surface area contributed by atoms with Crippen molar-refractivity contribution in [2.75, 3.05) is 0 Å². The van der Waals surface area contributed by atoms with Crippen LogP contribution in [0.15, 0.2) is 0 Å². The van der Waals surface area contributed by atoms with Crippen molar-refractivity contribution in [1.82, 2.24) is 16.0 Å². The maximum Gasteiger partial charge on any atom is 0.326 e. The molecule has 12 nitrogen and oxygen atoms in total. The van der Waals surface area contributed by atoms with Crippen LogP contribution >= 0.6 is 0 Å². The number of nitrogens with two attached hydrogens (primary N) is 2. The van der Waals surface area contributed by atoms with E-state index in [-0.39, 0.29) is 5.92 Å². The maximum absolute atomic E-state index is 12.7. The zero-order valence-corrected chi connectivity index (χ0v) is 18.5. The van der Waals surface area contributed by atoms with Gasteiger partial charge in [0.15, 0.2) is 0 Å². The lowest BCUT2D eigenvalue weighted by molar-refractivity contribution is -0.144. The number of aliphatic hydroxyl groups is 1. The topological polar surface area (TPSA) is 214 Å². The number of aliphatic carboxylic acids is 1. The number of primary amides is 1. The molecule has 12 heteroatoms. The zero-order chi connectivity index (χ0) is 24.5. The van der Waals surface area contributed by atoms with Gasteiger partial charge in [0.1, 0.15) is 18.1 Å². The summed E-state index contributed by atoms with van der Waals surface area (Å²) in [5, 5.41) is 26.0. The van der Waals surface area contributed by atoms with Crippen molar-refractivity contribution in [2.45, 2.75) is 77.7 Å². The number of rotatable bonds is 13. The van der Waals surface area contributed by atoms with Crippen LogP contribution in [-0.2, 0) is 24.0 Å². The lowest BCUT2D eigenvalue weighted by atomic mass is 9.98. The molecule has 0 bridgehead atoms. The SMILES string of the molecule is CCC(C)C(N)C(=O)NC(CC(N)=O)C(=O)NC(C(=O)NC(C(=O)O)C(C)C)C(C)O. The van der Waals surface area contributed by atoms with Crippen LogP contribution in [-0.4, -0.2) is 70.1 Å². The molecule has 0 aromatic carbocycles. The molecule has 0 saturated heterocycles. The monoisotopic (exact) mass is 445 g/mol. The van der Waals surface area contributed by atoms with E-state index in [4.69, 9.17) is 11.5 Å². The molecule has 0 saturated carbocycles. The van der Waals surface area contributed by atoms with Crippen molar-refractivity contribution >= 4 is 29.6 Å². The number of carboxylic acid groups (broad SMARTS) is 1. The second-order valence-corrected chi connectivity index (χ2v) is 7.94. The lowest BCUT2D eigenvalue weighted by Gasteiger charge is -2.27. The Balaban J connectivity index is 5.48. The van der Waals surface area contributed by atoms with Crippen LogP contribution in [0.2, 0.25) is 0 Å². The fraction of sp³-hybridized carbons (Fsp3) is 0.737. The predicted molar refractivity (Wildman–Crippen MR) is 111 cm³/mol. The molecule has 31 heavy (non-hydrogen) atoms. The summed E-state index contributed by atoms with van der Waals surface area (Å²) in [4.78, 5) is 60.2. The van der Waals surface area contributed by atoms with Gasteiger partial charge in [-0.3, -0.25) is 19.2 Å². The number of carbonyl (C=O) groups excluding carboxylic acids is 4. The molecular weight excluding hydrogens is 410 g/mol. The van der Waals surface area contributed by atoms with Gasteiger partial charge >= 0.3 is 5.97 Å². The summed E-state index contributed by atoms with van der Waals surface area (Å²) in [6.07, 6.45) is -1.37. The van der Waals surface area contributed by atoms with E-state index >= 15 is 0 Å². The van der Waals surface area contributed by atoms with E-state index in [0.717, 1.165) is 0 Å². The van der Waals surface area contributed by atoms with E-state index < -0.39 is 72.2 Å². The molecule has 0 spiro atoms. The molecule has 0 heterocycles. The quantitative estimate of drug-likeness (QED) is 0.165. The average molecular weight is 446 g/mol. The van der Waals surface area contributed by atoms with E-state index in [1.807, 2.05) is 6.92 Å². The standard InChI is InChI=1S/C19H35N5O7/c1-6-9(4)13(21)17(28)22-11(7-12(20)26)16(27)24-15(10(5)25)18(29)23-14(8(2)3)19(30)31/h8-11,13-15,25H,6-7,21H2,1-5H3,(H2,20,26)(H,22,28)(H,23,29)(H,24,27)(H,30,31). The van der Waals surface area contributed by atoms with Gasteiger partial charge in [0.25, 0.3) is 0 Å². The van der Waals surface area contributed by atoms with Gasteiger partial charge in [0, 0.05) is 0 Å². The molecule has 9 N–H and O–H groups in total. The molecule has 4 amide bonds. The van der Waals surface area contributed by atoms with E-state index in [1.165, 1.54) is 6.92 Å². The lowest BCUT2D eigenvalue weighted by Crippen LogP contribution is -2.61. The fourth-order valence-corrected chi connectivity index (χ4v) is 2.61. The Bertz CT molecular complexity index is 668. The zero-order valence-electron chi connectivity index (χ0n) is 18.5. The van der Waals surface area contributed by atoms with Gasteiger partial charge < -0.3 is 37.6 Å². The minimum atomic E-state index is -1.54. The number of nitrogens with one attached hydrogen (secondary N) is 3. The highest BCUT2D eigenvalue weighted by molar-refractivity contribution is 5.96. The molecule has 178 valence electrons. The third-order valence-electron chi connectivity index (χ3n) is 4.89. The largest absolute Gasteiger partial charge is 0.480 e. The summed E-state index contributed by atoms with van der Waals surface area (Å²) in [5.41, 5.74) is 11.0. The second-order valence-electron chi connectivity index (χ2n) is 7.94. The van der Waals surface area contributed by atoms with E-state index in [1.54, 1.807) is 20.8 Å². The van der Waals surface area contributed by atoms with Crippen LogP contribution in [0.4, 0.5) is 0 Å². The molecule has 0 aliphatic heterocycles. The molecular formula is C19H35N5O7. The Morgan fingerprint density at radius 2 is 1.39 bits per heavy atom. The normalized spacial score (nSPS) is 16.9. The van der Waals surface area contributed by atoms with Crippen LogP contribution in [0, 0.1) is 11.8 Å². The highest BCUT2D eigenvalue weighted by Crippen LogP contribution is 2.07. The minimum Gasteiger partial charge on any atom is -0.480 e.